The first-order valence-corrected chi connectivity index (χ1v) is 8.50. The van der Waals surface area contributed by atoms with Gasteiger partial charge in [-0.1, -0.05) is 6.07 Å². The van der Waals surface area contributed by atoms with Gasteiger partial charge in [0.2, 0.25) is 0 Å². The molecule has 0 unspecified atom stereocenters. The zero-order valence-electron chi connectivity index (χ0n) is 15.3. The van der Waals surface area contributed by atoms with E-state index in [1.54, 1.807) is 12.2 Å². The summed E-state index contributed by atoms with van der Waals surface area (Å²) in [7, 11) is 1.85. The molecule has 2 aromatic rings. The number of ketones is 1. The molecule has 0 saturated carbocycles. The number of rotatable bonds is 8. The molecule has 0 saturated heterocycles. The Hall–Kier alpha value is -2.75. The van der Waals surface area contributed by atoms with Crippen molar-refractivity contribution in [3.8, 4) is 11.5 Å². The predicted octanol–water partition coefficient (Wildman–Crippen LogP) is 4.73. The largest absolute Gasteiger partial charge is 0.493 e. The van der Waals surface area contributed by atoms with Crippen molar-refractivity contribution in [3.63, 3.8) is 0 Å². The van der Waals surface area contributed by atoms with Gasteiger partial charge >= 0.3 is 0 Å². The van der Waals surface area contributed by atoms with Crippen molar-refractivity contribution < 1.29 is 14.3 Å². The molecule has 2 aromatic carbocycles. The first-order valence-electron chi connectivity index (χ1n) is 8.50. The molecule has 4 heteroatoms. The molecule has 0 aromatic heterocycles. The maximum Gasteiger partial charge on any atom is 0.185 e. The van der Waals surface area contributed by atoms with Crippen LogP contribution in [0.2, 0.25) is 0 Å². The lowest BCUT2D eigenvalue weighted by Crippen LogP contribution is -2.01. The van der Waals surface area contributed by atoms with Crippen molar-refractivity contribution in [1.82, 2.24) is 0 Å². The summed E-state index contributed by atoms with van der Waals surface area (Å²) in [6.07, 6.45) is 3.34. The Morgan fingerprint density at radius 3 is 2.32 bits per heavy atom. The predicted molar refractivity (Wildman–Crippen MR) is 103 cm³/mol. The highest BCUT2D eigenvalue weighted by Gasteiger charge is 2.12. The zero-order valence-corrected chi connectivity index (χ0v) is 15.3. The molecule has 0 amide bonds. The molecule has 0 atom stereocenters. The van der Waals surface area contributed by atoms with Crippen LogP contribution in [0.15, 0.2) is 42.5 Å². The van der Waals surface area contributed by atoms with E-state index in [1.165, 1.54) is 0 Å². The molecule has 0 spiro atoms. The van der Waals surface area contributed by atoms with Gasteiger partial charge in [-0.3, -0.25) is 4.79 Å². The van der Waals surface area contributed by atoms with Crippen LogP contribution in [0.1, 0.15) is 35.3 Å². The SMILES string of the molecule is CCOc1ccc(C)c(OCC)c1/C=C/C(=O)c1ccc(NC)cc1. The van der Waals surface area contributed by atoms with Gasteiger partial charge in [0.25, 0.3) is 0 Å². The summed E-state index contributed by atoms with van der Waals surface area (Å²) in [5.41, 5.74) is 3.41. The van der Waals surface area contributed by atoms with Gasteiger partial charge in [-0.2, -0.15) is 0 Å². The Morgan fingerprint density at radius 2 is 1.72 bits per heavy atom. The number of ether oxygens (including phenoxy) is 2. The molecule has 1 N–H and O–H groups in total. The van der Waals surface area contributed by atoms with E-state index < -0.39 is 0 Å². The average Bonchev–Trinajstić information content (AvgIpc) is 2.64. The van der Waals surface area contributed by atoms with Crippen molar-refractivity contribution in [2.75, 3.05) is 25.6 Å². The topological polar surface area (TPSA) is 47.6 Å². The van der Waals surface area contributed by atoms with E-state index in [0.29, 0.717) is 24.5 Å². The van der Waals surface area contributed by atoms with E-state index in [9.17, 15) is 4.79 Å². The highest BCUT2D eigenvalue weighted by molar-refractivity contribution is 6.07. The number of anilines is 1. The Labute approximate surface area is 149 Å². The van der Waals surface area contributed by atoms with E-state index in [1.807, 2.05) is 64.2 Å². The number of carbonyl (C=O) groups excluding carboxylic acids is 1. The fourth-order valence-electron chi connectivity index (χ4n) is 2.52. The van der Waals surface area contributed by atoms with Crippen LogP contribution in [0, 0.1) is 6.92 Å². The summed E-state index contributed by atoms with van der Waals surface area (Å²) >= 11 is 0. The van der Waals surface area contributed by atoms with Crippen molar-refractivity contribution in [2.45, 2.75) is 20.8 Å². The van der Waals surface area contributed by atoms with Gasteiger partial charge in [0, 0.05) is 18.3 Å². The van der Waals surface area contributed by atoms with Crippen molar-refractivity contribution in [3.05, 3.63) is 59.2 Å². The van der Waals surface area contributed by atoms with Gasteiger partial charge in [-0.15, -0.1) is 0 Å². The third-order valence-electron chi connectivity index (χ3n) is 3.80. The molecule has 4 nitrogen and oxygen atoms in total. The fraction of sp³-hybridized carbons (Fsp3) is 0.286. The van der Waals surface area contributed by atoms with Gasteiger partial charge in [0.05, 0.1) is 18.8 Å². The lowest BCUT2D eigenvalue weighted by atomic mass is 10.1. The molecular formula is C21H25NO3. The van der Waals surface area contributed by atoms with Gasteiger partial charge in [-0.25, -0.2) is 0 Å². The Morgan fingerprint density at radius 1 is 1.04 bits per heavy atom. The molecule has 0 aliphatic rings. The normalized spacial score (nSPS) is 10.7. The van der Waals surface area contributed by atoms with Crippen molar-refractivity contribution in [2.24, 2.45) is 0 Å². The maximum atomic E-state index is 12.5. The molecule has 25 heavy (non-hydrogen) atoms. The first-order chi connectivity index (χ1) is 12.1. The summed E-state index contributed by atoms with van der Waals surface area (Å²) in [6, 6.07) is 11.2. The number of hydrogen-bond donors (Lipinski definition) is 1. The maximum absolute atomic E-state index is 12.5. The van der Waals surface area contributed by atoms with Crippen LogP contribution in [0.3, 0.4) is 0 Å². The third kappa shape index (κ3) is 4.63. The molecular weight excluding hydrogens is 314 g/mol. The molecule has 0 heterocycles. The van der Waals surface area contributed by atoms with Gasteiger partial charge in [-0.05, 0) is 68.8 Å². The Kier molecular flexibility index (Phi) is 6.63. The smallest absolute Gasteiger partial charge is 0.185 e. The number of nitrogens with one attached hydrogen (secondary N) is 1. The van der Waals surface area contributed by atoms with Crippen molar-refractivity contribution >= 4 is 17.5 Å². The molecule has 0 radical (unpaired) electrons. The van der Waals surface area contributed by atoms with Crippen LogP contribution in [0.4, 0.5) is 5.69 Å². The van der Waals surface area contributed by atoms with E-state index in [2.05, 4.69) is 5.32 Å². The van der Waals surface area contributed by atoms with E-state index in [4.69, 9.17) is 9.47 Å². The number of carbonyl (C=O) groups is 1. The second kappa shape index (κ2) is 8.92. The van der Waals surface area contributed by atoms with Crippen LogP contribution in [-0.2, 0) is 0 Å². The molecule has 0 aliphatic carbocycles. The molecule has 0 fully saturated rings. The van der Waals surface area contributed by atoms with Crippen LogP contribution in [0.5, 0.6) is 11.5 Å². The molecule has 0 aliphatic heterocycles. The zero-order chi connectivity index (χ0) is 18.2. The van der Waals surface area contributed by atoms with Crippen LogP contribution in [0.25, 0.3) is 6.08 Å². The number of benzene rings is 2. The number of hydrogen-bond acceptors (Lipinski definition) is 4. The molecule has 2 rings (SSSR count). The second-order valence-corrected chi connectivity index (χ2v) is 5.51. The second-order valence-electron chi connectivity index (χ2n) is 5.51. The third-order valence-corrected chi connectivity index (χ3v) is 3.80. The van der Waals surface area contributed by atoms with Crippen LogP contribution >= 0.6 is 0 Å². The summed E-state index contributed by atoms with van der Waals surface area (Å²) < 4.78 is 11.5. The summed E-state index contributed by atoms with van der Waals surface area (Å²) in [5.74, 6) is 1.41. The Bertz CT molecular complexity index is 748. The van der Waals surface area contributed by atoms with E-state index in [-0.39, 0.29) is 5.78 Å². The van der Waals surface area contributed by atoms with Crippen LogP contribution in [-0.4, -0.2) is 26.0 Å². The first kappa shape index (κ1) is 18.6. The summed E-state index contributed by atoms with van der Waals surface area (Å²) in [5, 5.41) is 3.04. The summed E-state index contributed by atoms with van der Waals surface area (Å²) in [4.78, 5) is 12.5. The molecule has 0 bridgehead atoms. The number of aryl methyl sites for hydroxylation is 1. The van der Waals surface area contributed by atoms with Gasteiger partial charge in [0.15, 0.2) is 5.78 Å². The van der Waals surface area contributed by atoms with Gasteiger partial charge < -0.3 is 14.8 Å². The monoisotopic (exact) mass is 339 g/mol. The molecule has 132 valence electrons. The quantitative estimate of drug-likeness (QED) is 0.558. The van der Waals surface area contributed by atoms with Crippen LogP contribution < -0.4 is 14.8 Å². The lowest BCUT2D eigenvalue weighted by molar-refractivity contribution is 0.104. The van der Waals surface area contributed by atoms with Crippen molar-refractivity contribution in [1.29, 1.82) is 0 Å². The van der Waals surface area contributed by atoms with E-state index in [0.717, 1.165) is 22.6 Å². The fourth-order valence-corrected chi connectivity index (χ4v) is 2.52. The number of allylic oxidation sites excluding steroid dienone is 1. The van der Waals surface area contributed by atoms with Gasteiger partial charge in [0.1, 0.15) is 11.5 Å². The highest BCUT2D eigenvalue weighted by Crippen LogP contribution is 2.33. The Balaban J connectivity index is 2.34. The minimum Gasteiger partial charge on any atom is -0.493 e. The summed E-state index contributed by atoms with van der Waals surface area (Å²) in [6.45, 7) is 6.96. The lowest BCUT2D eigenvalue weighted by Gasteiger charge is -2.15. The standard InChI is InChI=1S/C21H25NO3/c1-5-24-20-14-7-15(3)21(25-6-2)18(20)12-13-19(23)16-8-10-17(22-4)11-9-16/h7-14,22H,5-6H2,1-4H3/b13-12+. The van der Waals surface area contributed by atoms with E-state index >= 15 is 0 Å². The minimum atomic E-state index is -0.0611. The highest BCUT2D eigenvalue weighted by atomic mass is 16.5. The average molecular weight is 339 g/mol. The minimum absolute atomic E-state index is 0.0611.